The predicted octanol–water partition coefficient (Wildman–Crippen LogP) is 2.37. The second-order valence-electron chi connectivity index (χ2n) is 6.50. The molecule has 0 fully saturated rings. The van der Waals surface area contributed by atoms with Gasteiger partial charge in [0.05, 0.1) is 12.2 Å². The van der Waals surface area contributed by atoms with Crippen molar-refractivity contribution in [1.82, 2.24) is 19.7 Å². The number of aromatic amines is 2. The summed E-state index contributed by atoms with van der Waals surface area (Å²) < 4.78 is 14.7. The van der Waals surface area contributed by atoms with E-state index in [4.69, 9.17) is 0 Å². The first-order valence-electron chi connectivity index (χ1n) is 9.00. The molecule has 4 rings (SSSR count). The normalized spacial score (nSPS) is 10.7. The second-order valence-corrected chi connectivity index (χ2v) is 6.50. The molecular formula is C21H16FN5O3. The van der Waals surface area contributed by atoms with Gasteiger partial charge in [0, 0.05) is 29.2 Å². The van der Waals surface area contributed by atoms with Crippen LogP contribution in [-0.4, -0.2) is 25.7 Å². The van der Waals surface area contributed by atoms with Crippen LogP contribution in [-0.2, 0) is 6.54 Å². The number of rotatable bonds is 5. The van der Waals surface area contributed by atoms with E-state index in [9.17, 15) is 18.8 Å². The Kier molecular flexibility index (Phi) is 5.08. The Hall–Kier alpha value is -4.27. The minimum absolute atomic E-state index is 0.162. The minimum Gasteiger partial charge on any atom is -0.322 e. The molecule has 0 aliphatic rings. The molecule has 0 spiro atoms. The molecule has 0 saturated carbocycles. The first-order chi connectivity index (χ1) is 14.5. The molecule has 9 heteroatoms. The van der Waals surface area contributed by atoms with Gasteiger partial charge in [-0.25, -0.2) is 9.18 Å². The molecule has 2 aromatic heterocycles. The molecule has 0 atom stereocenters. The van der Waals surface area contributed by atoms with Gasteiger partial charge in [0.25, 0.3) is 11.5 Å². The summed E-state index contributed by atoms with van der Waals surface area (Å²) in [6.07, 6.45) is 2.66. The first-order valence-corrected chi connectivity index (χ1v) is 9.00. The number of aromatic nitrogens is 4. The molecule has 0 aliphatic carbocycles. The van der Waals surface area contributed by atoms with Gasteiger partial charge in [-0.1, -0.05) is 30.3 Å². The van der Waals surface area contributed by atoms with Gasteiger partial charge in [0.15, 0.2) is 0 Å². The maximum atomic E-state index is 13.9. The molecule has 0 bridgehead atoms. The maximum absolute atomic E-state index is 13.9. The van der Waals surface area contributed by atoms with Crippen molar-refractivity contribution in [1.29, 1.82) is 0 Å². The van der Waals surface area contributed by atoms with Gasteiger partial charge in [-0.05, 0) is 24.3 Å². The third-order valence-corrected chi connectivity index (χ3v) is 4.52. The molecule has 150 valence electrons. The number of amides is 1. The maximum Gasteiger partial charge on any atom is 0.328 e. The SMILES string of the molecule is O=C(Nc1cccc(-c2ccn[nH]2)c1)c1c[nH]c(=O)n(Cc2ccccc2F)c1=O. The molecule has 3 N–H and O–H groups in total. The van der Waals surface area contributed by atoms with Crippen molar-refractivity contribution in [2.45, 2.75) is 6.54 Å². The van der Waals surface area contributed by atoms with E-state index >= 15 is 0 Å². The highest BCUT2D eigenvalue weighted by molar-refractivity contribution is 6.04. The summed E-state index contributed by atoms with van der Waals surface area (Å²) in [4.78, 5) is 39.9. The van der Waals surface area contributed by atoms with E-state index in [0.29, 0.717) is 5.69 Å². The highest BCUT2D eigenvalue weighted by Crippen LogP contribution is 2.20. The first kappa shape index (κ1) is 19.1. The van der Waals surface area contributed by atoms with Gasteiger partial charge >= 0.3 is 5.69 Å². The average Bonchev–Trinajstić information content (AvgIpc) is 3.27. The topological polar surface area (TPSA) is 113 Å². The van der Waals surface area contributed by atoms with Crippen LogP contribution in [0.3, 0.4) is 0 Å². The van der Waals surface area contributed by atoms with E-state index in [0.717, 1.165) is 22.0 Å². The zero-order valence-electron chi connectivity index (χ0n) is 15.6. The van der Waals surface area contributed by atoms with Gasteiger partial charge < -0.3 is 10.3 Å². The average molecular weight is 405 g/mol. The fourth-order valence-corrected chi connectivity index (χ4v) is 2.99. The highest BCUT2D eigenvalue weighted by atomic mass is 19.1. The van der Waals surface area contributed by atoms with Crippen molar-refractivity contribution >= 4 is 11.6 Å². The van der Waals surface area contributed by atoms with Crippen molar-refractivity contribution in [2.75, 3.05) is 5.32 Å². The number of carbonyl (C=O) groups excluding carboxylic acids is 1. The molecule has 0 unspecified atom stereocenters. The summed E-state index contributed by atoms with van der Waals surface area (Å²) in [5.41, 5.74) is 0.363. The van der Waals surface area contributed by atoms with Gasteiger partial charge in [-0.3, -0.25) is 19.3 Å². The Labute approximate surface area is 169 Å². The summed E-state index contributed by atoms with van der Waals surface area (Å²) in [7, 11) is 0. The molecule has 4 aromatic rings. The number of halogens is 1. The number of nitrogens with one attached hydrogen (secondary N) is 3. The zero-order chi connectivity index (χ0) is 21.1. The largest absolute Gasteiger partial charge is 0.328 e. The second kappa shape index (κ2) is 8.00. The molecule has 30 heavy (non-hydrogen) atoms. The summed E-state index contributed by atoms with van der Waals surface area (Å²) in [5, 5.41) is 9.36. The van der Waals surface area contributed by atoms with Crippen LogP contribution in [0, 0.1) is 5.82 Å². The fourth-order valence-electron chi connectivity index (χ4n) is 2.99. The van der Waals surface area contributed by atoms with Crippen molar-refractivity contribution in [2.24, 2.45) is 0 Å². The number of carbonyl (C=O) groups is 1. The molecule has 2 heterocycles. The predicted molar refractivity (Wildman–Crippen MR) is 109 cm³/mol. The number of benzene rings is 2. The Morgan fingerprint density at radius 3 is 2.70 bits per heavy atom. The third kappa shape index (κ3) is 3.81. The zero-order valence-corrected chi connectivity index (χ0v) is 15.6. The molecule has 1 amide bonds. The van der Waals surface area contributed by atoms with Crippen LogP contribution in [0.5, 0.6) is 0 Å². The molecule has 2 aromatic carbocycles. The van der Waals surface area contributed by atoms with Gasteiger partial charge in [-0.15, -0.1) is 0 Å². The molecule has 0 radical (unpaired) electrons. The van der Waals surface area contributed by atoms with E-state index in [2.05, 4.69) is 20.5 Å². The highest BCUT2D eigenvalue weighted by Gasteiger charge is 2.16. The Morgan fingerprint density at radius 2 is 1.93 bits per heavy atom. The standard InChI is InChI=1S/C21H16FN5O3/c22-17-7-2-1-4-14(17)12-27-20(29)16(11-23-21(27)30)19(28)25-15-6-3-5-13(10-15)18-8-9-24-26-18/h1-11H,12H2,(H,23,30)(H,24,26)(H,25,28). The third-order valence-electron chi connectivity index (χ3n) is 4.52. The summed E-state index contributed by atoms with van der Waals surface area (Å²) >= 11 is 0. The smallest absolute Gasteiger partial charge is 0.322 e. The number of H-pyrrole nitrogens is 2. The lowest BCUT2D eigenvalue weighted by atomic mass is 10.1. The van der Waals surface area contributed by atoms with Crippen molar-refractivity contribution in [3.05, 3.63) is 105 Å². The van der Waals surface area contributed by atoms with Crippen LogP contribution in [0.25, 0.3) is 11.3 Å². The lowest BCUT2D eigenvalue weighted by molar-refractivity contribution is 0.102. The quantitative estimate of drug-likeness (QED) is 0.473. The Bertz CT molecular complexity index is 1320. The van der Waals surface area contributed by atoms with E-state index in [1.54, 1.807) is 36.5 Å². The van der Waals surface area contributed by atoms with E-state index in [-0.39, 0.29) is 17.7 Å². The van der Waals surface area contributed by atoms with Crippen molar-refractivity contribution in [3.8, 4) is 11.3 Å². The van der Waals surface area contributed by atoms with Gasteiger partial charge in [-0.2, -0.15) is 5.10 Å². The fraction of sp³-hybridized carbons (Fsp3) is 0.0476. The lowest BCUT2D eigenvalue weighted by Gasteiger charge is -2.09. The lowest BCUT2D eigenvalue weighted by Crippen LogP contribution is -2.39. The van der Waals surface area contributed by atoms with Gasteiger partial charge in [0.1, 0.15) is 11.4 Å². The summed E-state index contributed by atoms with van der Waals surface area (Å²) in [6, 6.07) is 14.6. The van der Waals surface area contributed by atoms with Crippen LogP contribution in [0.2, 0.25) is 0 Å². The minimum atomic E-state index is -0.816. The van der Waals surface area contributed by atoms with Crippen LogP contribution in [0.4, 0.5) is 10.1 Å². The monoisotopic (exact) mass is 405 g/mol. The van der Waals surface area contributed by atoms with Crippen LogP contribution in [0.15, 0.2) is 76.6 Å². The van der Waals surface area contributed by atoms with Crippen LogP contribution < -0.4 is 16.6 Å². The van der Waals surface area contributed by atoms with Crippen molar-refractivity contribution in [3.63, 3.8) is 0 Å². The van der Waals surface area contributed by atoms with Crippen molar-refractivity contribution < 1.29 is 9.18 Å². The van der Waals surface area contributed by atoms with Crippen LogP contribution >= 0.6 is 0 Å². The molecule has 0 aliphatic heterocycles. The molecule has 8 nitrogen and oxygen atoms in total. The van der Waals surface area contributed by atoms with E-state index in [1.165, 1.54) is 18.2 Å². The number of anilines is 1. The van der Waals surface area contributed by atoms with Gasteiger partial charge in [0.2, 0.25) is 0 Å². The Balaban J connectivity index is 1.62. The van der Waals surface area contributed by atoms with E-state index < -0.39 is 23.0 Å². The molecular weight excluding hydrogens is 389 g/mol. The summed E-state index contributed by atoms with van der Waals surface area (Å²) in [5.74, 6) is -1.24. The number of hydrogen-bond donors (Lipinski definition) is 3. The van der Waals surface area contributed by atoms with E-state index in [1.807, 2.05) is 6.07 Å². The summed E-state index contributed by atoms with van der Waals surface area (Å²) in [6.45, 7) is -0.294. The Morgan fingerprint density at radius 1 is 1.10 bits per heavy atom. The number of nitrogens with zero attached hydrogens (tertiary/aromatic N) is 2. The molecule has 0 saturated heterocycles. The van der Waals surface area contributed by atoms with Crippen LogP contribution in [0.1, 0.15) is 15.9 Å². The number of hydrogen-bond acceptors (Lipinski definition) is 4.